The third-order valence-electron chi connectivity index (χ3n) is 5.00. The van der Waals surface area contributed by atoms with Gasteiger partial charge in [-0.3, -0.25) is 19.8 Å². The quantitative estimate of drug-likeness (QED) is 0.211. The molecule has 1 amide bonds. The van der Waals surface area contributed by atoms with Crippen LogP contribution in [0.25, 0.3) is 17.4 Å². The van der Waals surface area contributed by atoms with Crippen molar-refractivity contribution in [3.05, 3.63) is 87.0 Å². The first-order valence-electron chi connectivity index (χ1n) is 9.77. The second-order valence-electron chi connectivity index (χ2n) is 7.05. The number of carbonyl (C=O) groups is 2. The van der Waals surface area contributed by atoms with Crippen LogP contribution in [-0.4, -0.2) is 38.2 Å². The van der Waals surface area contributed by atoms with E-state index < -0.39 is 22.8 Å². The largest absolute Gasteiger partial charge is 0.497 e. The summed E-state index contributed by atoms with van der Waals surface area (Å²) >= 11 is 6.26. The standard InChI is InChI=1S/C23H16N2O7S2/c1-31-14-7-9-16(17(11-14)25(29)30)18-10-8-15(32-18)12-19-21(26)24(23(33)34-19)20(22(27)28)13-5-3-2-4-6-13/h2-12,20H,1H3,(H,27,28)/b19-12+/t20-/m1/s1. The molecule has 1 aromatic heterocycles. The summed E-state index contributed by atoms with van der Waals surface area (Å²) in [6.45, 7) is 0. The van der Waals surface area contributed by atoms with Crippen molar-refractivity contribution >= 4 is 51.9 Å². The molecule has 9 nitrogen and oxygen atoms in total. The van der Waals surface area contributed by atoms with Gasteiger partial charge < -0.3 is 14.3 Å². The molecule has 2 aromatic carbocycles. The summed E-state index contributed by atoms with van der Waals surface area (Å²) in [4.78, 5) is 37.2. The summed E-state index contributed by atoms with van der Waals surface area (Å²) in [5, 5.41) is 21.3. The Labute approximate surface area is 202 Å². The molecule has 1 aliphatic rings. The molecular formula is C23H16N2O7S2. The zero-order valence-electron chi connectivity index (χ0n) is 17.5. The van der Waals surface area contributed by atoms with Crippen LogP contribution in [-0.2, 0) is 9.59 Å². The Balaban J connectivity index is 1.65. The fraction of sp³-hybridized carbons (Fsp3) is 0.0870. The molecular weight excluding hydrogens is 480 g/mol. The van der Waals surface area contributed by atoms with Crippen molar-refractivity contribution in [2.45, 2.75) is 6.04 Å². The van der Waals surface area contributed by atoms with Crippen LogP contribution in [0.2, 0.25) is 0 Å². The van der Waals surface area contributed by atoms with Crippen LogP contribution < -0.4 is 4.74 Å². The Hall–Kier alpha value is -3.96. The monoisotopic (exact) mass is 496 g/mol. The molecule has 2 heterocycles. The first-order valence-corrected chi connectivity index (χ1v) is 11.0. The number of furan rings is 1. The first kappa shape index (κ1) is 23.2. The summed E-state index contributed by atoms with van der Waals surface area (Å²) in [5.41, 5.74) is 0.464. The summed E-state index contributed by atoms with van der Waals surface area (Å²) < 4.78 is 10.9. The summed E-state index contributed by atoms with van der Waals surface area (Å²) in [6.07, 6.45) is 1.43. The van der Waals surface area contributed by atoms with E-state index in [4.69, 9.17) is 21.4 Å². The van der Waals surface area contributed by atoms with E-state index in [0.29, 0.717) is 11.3 Å². The van der Waals surface area contributed by atoms with Gasteiger partial charge in [0, 0.05) is 6.08 Å². The predicted octanol–water partition coefficient (Wildman–Crippen LogP) is 4.89. The number of hydrogen-bond acceptors (Lipinski definition) is 8. The number of hydrogen-bond donors (Lipinski definition) is 1. The lowest BCUT2D eigenvalue weighted by molar-refractivity contribution is -0.384. The summed E-state index contributed by atoms with van der Waals surface area (Å²) in [7, 11) is 1.41. The molecule has 0 aliphatic carbocycles. The van der Waals surface area contributed by atoms with E-state index >= 15 is 0 Å². The lowest BCUT2D eigenvalue weighted by atomic mass is 10.1. The summed E-state index contributed by atoms with van der Waals surface area (Å²) in [6, 6.07) is 14.5. The molecule has 0 spiro atoms. The van der Waals surface area contributed by atoms with E-state index in [-0.39, 0.29) is 32.0 Å². The van der Waals surface area contributed by atoms with E-state index in [1.165, 1.54) is 25.3 Å². The Morgan fingerprint density at radius 3 is 2.62 bits per heavy atom. The smallest absolute Gasteiger partial charge is 0.331 e. The number of ether oxygens (including phenoxy) is 1. The number of rotatable bonds is 7. The molecule has 1 fully saturated rings. The number of amides is 1. The van der Waals surface area contributed by atoms with Crippen molar-refractivity contribution in [3.63, 3.8) is 0 Å². The van der Waals surface area contributed by atoms with Gasteiger partial charge in [-0.2, -0.15) is 0 Å². The second kappa shape index (κ2) is 9.49. The second-order valence-corrected chi connectivity index (χ2v) is 8.72. The van der Waals surface area contributed by atoms with Gasteiger partial charge in [-0.1, -0.05) is 54.3 Å². The highest BCUT2D eigenvalue weighted by atomic mass is 32.2. The molecule has 34 heavy (non-hydrogen) atoms. The highest BCUT2D eigenvalue weighted by molar-refractivity contribution is 8.26. The number of nitrogens with zero attached hydrogens (tertiary/aromatic N) is 2. The maximum Gasteiger partial charge on any atom is 0.331 e. The van der Waals surface area contributed by atoms with Gasteiger partial charge in [-0.15, -0.1) is 0 Å². The van der Waals surface area contributed by atoms with E-state index in [2.05, 4.69) is 0 Å². The molecule has 0 radical (unpaired) electrons. The molecule has 0 unspecified atom stereocenters. The van der Waals surface area contributed by atoms with Gasteiger partial charge in [0.05, 0.1) is 28.6 Å². The minimum Gasteiger partial charge on any atom is -0.497 e. The number of aliphatic carboxylic acids is 1. The third-order valence-corrected chi connectivity index (χ3v) is 6.33. The molecule has 1 N–H and O–H groups in total. The van der Waals surface area contributed by atoms with E-state index in [1.807, 2.05) is 0 Å². The van der Waals surface area contributed by atoms with Crippen LogP contribution >= 0.6 is 24.0 Å². The highest BCUT2D eigenvalue weighted by Crippen LogP contribution is 2.39. The number of benzene rings is 2. The third kappa shape index (κ3) is 4.43. The number of thiocarbonyl (C=S) groups is 1. The Bertz CT molecular complexity index is 1330. The van der Waals surface area contributed by atoms with E-state index in [9.17, 15) is 24.8 Å². The number of nitro groups is 1. The zero-order valence-corrected chi connectivity index (χ0v) is 19.2. The fourth-order valence-corrected chi connectivity index (χ4v) is 4.74. The lowest BCUT2D eigenvalue weighted by Gasteiger charge is -2.23. The molecule has 0 bridgehead atoms. The highest BCUT2D eigenvalue weighted by Gasteiger charge is 2.41. The molecule has 0 saturated carbocycles. The van der Waals surface area contributed by atoms with Gasteiger partial charge in [0.15, 0.2) is 6.04 Å². The minimum absolute atomic E-state index is 0.102. The van der Waals surface area contributed by atoms with Crippen molar-refractivity contribution in [3.8, 4) is 17.1 Å². The van der Waals surface area contributed by atoms with Gasteiger partial charge in [0.25, 0.3) is 11.6 Å². The minimum atomic E-state index is -1.27. The van der Waals surface area contributed by atoms with Crippen LogP contribution in [0.1, 0.15) is 17.4 Å². The lowest BCUT2D eigenvalue weighted by Crippen LogP contribution is -2.37. The Kier molecular flexibility index (Phi) is 6.48. The average molecular weight is 497 g/mol. The van der Waals surface area contributed by atoms with E-state index in [1.54, 1.807) is 48.5 Å². The number of thioether (sulfide) groups is 1. The van der Waals surface area contributed by atoms with Gasteiger partial charge >= 0.3 is 5.97 Å². The van der Waals surface area contributed by atoms with Crippen LogP contribution in [0.15, 0.2) is 70.0 Å². The molecule has 1 aliphatic heterocycles. The van der Waals surface area contributed by atoms with Crippen LogP contribution in [0.3, 0.4) is 0 Å². The van der Waals surface area contributed by atoms with Gasteiger partial charge in [-0.05, 0) is 29.8 Å². The molecule has 1 saturated heterocycles. The zero-order chi connectivity index (χ0) is 24.4. The number of carboxylic acid groups (broad SMARTS) is 1. The molecule has 11 heteroatoms. The molecule has 172 valence electrons. The Morgan fingerprint density at radius 1 is 1.24 bits per heavy atom. The number of methoxy groups -OCH3 is 1. The van der Waals surface area contributed by atoms with Gasteiger partial charge in [0.2, 0.25) is 0 Å². The normalized spacial score (nSPS) is 15.6. The van der Waals surface area contributed by atoms with Crippen molar-refractivity contribution in [1.82, 2.24) is 4.90 Å². The maximum atomic E-state index is 13.1. The molecule has 3 aromatic rings. The molecule has 4 rings (SSSR count). The SMILES string of the molecule is COc1ccc(-c2ccc(/C=C3/SC(=S)N([C@@H](C(=O)O)c4ccccc4)C3=O)o2)c([N+](=O)[O-])c1. The maximum absolute atomic E-state index is 13.1. The predicted molar refractivity (Wildman–Crippen MR) is 129 cm³/mol. The topological polar surface area (TPSA) is 123 Å². The number of carbonyl (C=O) groups excluding carboxylic acids is 1. The Morgan fingerprint density at radius 2 is 1.97 bits per heavy atom. The summed E-state index contributed by atoms with van der Waals surface area (Å²) in [5.74, 6) is -0.969. The number of carboxylic acids is 1. The number of nitro benzene ring substituents is 1. The van der Waals surface area contributed by atoms with Gasteiger partial charge in [0.1, 0.15) is 21.6 Å². The van der Waals surface area contributed by atoms with Crippen molar-refractivity contribution in [2.24, 2.45) is 0 Å². The fourth-order valence-electron chi connectivity index (χ4n) is 3.44. The van der Waals surface area contributed by atoms with E-state index in [0.717, 1.165) is 16.7 Å². The van der Waals surface area contributed by atoms with Crippen LogP contribution in [0.4, 0.5) is 5.69 Å². The molecule has 1 atom stereocenters. The first-order chi connectivity index (χ1) is 16.3. The van der Waals surface area contributed by atoms with Crippen molar-refractivity contribution in [1.29, 1.82) is 0 Å². The van der Waals surface area contributed by atoms with Crippen molar-refractivity contribution in [2.75, 3.05) is 7.11 Å². The average Bonchev–Trinajstić information content (AvgIpc) is 3.39. The van der Waals surface area contributed by atoms with Crippen molar-refractivity contribution < 1.29 is 28.8 Å². The van der Waals surface area contributed by atoms with Crippen LogP contribution in [0, 0.1) is 10.1 Å². The van der Waals surface area contributed by atoms with Gasteiger partial charge in [-0.25, -0.2) is 4.79 Å². The van der Waals surface area contributed by atoms with Crippen LogP contribution in [0.5, 0.6) is 5.75 Å².